The first-order valence-corrected chi connectivity index (χ1v) is 14.1. The fraction of sp³-hybridized carbons (Fsp3) is 1.00. The predicted octanol–water partition coefficient (Wildman–Crippen LogP) is 9.68. The van der Waals surface area contributed by atoms with Crippen LogP contribution in [0, 0.1) is 0 Å². The fourth-order valence-electron chi connectivity index (χ4n) is 4.87. The first-order valence-electron chi connectivity index (χ1n) is 14.1. The van der Waals surface area contributed by atoms with E-state index in [1.807, 2.05) is 0 Å². The molecule has 1 heteroatoms. The third kappa shape index (κ3) is 18.4. The zero-order valence-corrected chi connectivity index (χ0v) is 21.4. The number of hydrogen-bond donors (Lipinski definition) is 0. The van der Waals surface area contributed by atoms with Gasteiger partial charge in [-0.2, -0.15) is 0 Å². The van der Waals surface area contributed by atoms with Gasteiger partial charge in [0.15, 0.2) is 0 Å². The summed E-state index contributed by atoms with van der Waals surface area (Å²) in [4.78, 5) is 0. The van der Waals surface area contributed by atoms with E-state index >= 15 is 0 Å². The molecule has 0 unspecified atom stereocenters. The van der Waals surface area contributed by atoms with Gasteiger partial charge < -0.3 is 4.48 Å². The van der Waals surface area contributed by atoms with Gasteiger partial charge in [0.05, 0.1) is 26.2 Å². The van der Waals surface area contributed by atoms with Gasteiger partial charge in [0.2, 0.25) is 0 Å². The molecule has 0 rings (SSSR count). The highest BCUT2D eigenvalue weighted by atomic mass is 15.3. The number of nitrogens with zero attached hydrogens (tertiary/aromatic N) is 1. The standard InChI is InChI=1S/C28H60N/c1-5-9-13-17-19-23-27-29(25-21-15-11-7-3,26-22-16-12-8-4)28-24-20-18-14-10-6-2/h5-28H2,1-4H3/q+1. The van der Waals surface area contributed by atoms with Crippen molar-refractivity contribution in [3.63, 3.8) is 0 Å². The lowest BCUT2D eigenvalue weighted by Crippen LogP contribution is -2.50. The van der Waals surface area contributed by atoms with Crippen molar-refractivity contribution in [3.05, 3.63) is 0 Å². The topological polar surface area (TPSA) is 0 Å². The lowest BCUT2D eigenvalue weighted by Gasteiger charge is -2.39. The molecule has 1 nitrogen and oxygen atoms in total. The van der Waals surface area contributed by atoms with Crippen molar-refractivity contribution < 1.29 is 4.48 Å². The van der Waals surface area contributed by atoms with Crippen LogP contribution < -0.4 is 0 Å². The SMILES string of the molecule is CCCCCCCC[N+](CCCCCC)(CCCCCC)CCCCCCCC. The molecule has 29 heavy (non-hydrogen) atoms. The van der Waals surface area contributed by atoms with Gasteiger partial charge in [-0.15, -0.1) is 0 Å². The van der Waals surface area contributed by atoms with Crippen LogP contribution in [0.3, 0.4) is 0 Å². The molecule has 0 saturated heterocycles. The van der Waals surface area contributed by atoms with Crippen molar-refractivity contribution in [2.45, 2.75) is 156 Å². The molecule has 0 fully saturated rings. The second kappa shape index (κ2) is 22.6. The molecule has 0 heterocycles. The normalized spacial score (nSPS) is 12.0. The molecule has 0 aliphatic rings. The second-order valence-corrected chi connectivity index (χ2v) is 9.89. The highest BCUT2D eigenvalue weighted by Crippen LogP contribution is 2.20. The van der Waals surface area contributed by atoms with E-state index in [-0.39, 0.29) is 0 Å². The van der Waals surface area contributed by atoms with Crippen molar-refractivity contribution in [3.8, 4) is 0 Å². The molecule has 0 atom stereocenters. The van der Waals surface area contributed by atoms with Crippen LogP contribution in [0.25, 0.3) is 0 Å². The molecule has 0 spiro atoms. The summed E-state index contributed by atoms with van der Waals surface area (Å²) in [7, 11) is 0. The smallest absolute Gasteiger partial charge is 0.0786 e. The van der Waals surface area contributed by atoms with E-state index in [1.165, 1.54) is 159 Å². The lowest BCUT2D eigenvalue weighted by molar-refractivity contribution is -0.929. The maximum absolute atomic E-state index is 2.35. The molecule has 0 aromatic rings. The van der Waals surface area contributed by atoms with E-state index in [2.05, 4.69) is 27.7 Å². The summed E-state index contributed by atoms with van der Waals surface area (Å²) in [5.74, 6) is 0. The third-order valence-electron chi connectivity index (χ3n) is 6.94. The molecular formula is C28H60N+. The molecule has 0 amide bonds. The number of quaternary nitrogens is 1. The zero-order chi connectivity index (χ0) is 21.5. The summed E-state index contributed by atoms with van der Waals surface area (Å²) < 4.78 is 1.47. The van der Waals surface area contributed by atoms with Gasteiger partial charge in [-0.3, -0.25) is 0 Å². The van der Waals surface area contributed by atoms with Crippen molar-refractivity contribution in [1.82, 2.24) is 0 Å². The van der Waals surface area contributed by atoms with Crippen LogP contribution in [-0.2, 0) is 0 Å². The van der Waals surface area contributed by atoms with Gasteiger partial charge in [-0.25, -0.2) is 0 Å². The van der Waals surface area contributed by atoms with Crippen molar-refractivity contribution in [2.24, 2.45) is 0 Å². The van der Waals surface area contributed by atoms with Gasteiger partial charge in [-0.1, -0.05) is 105 Å². The minimum atomic E-state index is 1.37. The van der Waals surface area contributed by atoms with Gasteiger partial charge in [0.1, 0.15) is 0 Å². The molecule has 0 aromatic carbocycles. The van der Waals surface area contributed by atoms with Gasteiger partial charge in [0.25, 0.3) is 0 Å². The van der Waals surface area contributed by atoms with Crippen molar-refractivity contribution in [1.29, 1.82) is 0 Å². The van der Waals surface area contributed by atoms with Crippen LogP contribution in [0.4, 0.5) is 0 Å². The van der Waals surface area contributed by atoms with E-state index in [9.17, 15) is 0 Å². The van der Waals surface area contributed by atoms with Crippen LogP contribution in [0.2, 0.25) is 0 Å². The Bertz CT molecular complexity index is 269. The molecule has 0 saturated carbocycles. The summed E-state index contributed by atoms with van der Waals surface area (Å²) >= 11 is 0. The quantitative estimate of drug-likeness (QED) is 0.110. The third-order valence-corrected chi connectivity index (χ3v) is 6.94. The van der Waals surface area contributed by atoms with Crippen LogP contribution in [0.5, 0.6) is 0 Å². The molecule has 0 N–H and O–H groups in total. The highest BCUT2D eigenvalue weighted by Gasteiger charge is 2.25. The Hall–Kier alpha value is -0.0400. The first kappa shape index (κ1) is 29.0. The van der Waals surface area contributed by atoms with E-state index in [1.54, 1.807) is 0 Å². The average molecular weight is 411 g/mol. The van der Waals surface area contributed by atoms with Gasteiger partial charge >= 0.3 is 0 Å². The first-order chi connectivity index (χ1) is 14.2. The molecule has 0 aliphatic heterocycles. The maximum atomic E-state index is 2.35. The molecule has 0 bridgehead atoms. The van der Waals surface area contributed by atoms with Crippen LogP contribution in [-0.4, -0.2) is 30.7 Å². The monoisotopic (exact) mass is 410 g/mol. The Morgan fingerprint density at radius 3 is 0.759 bits per heavy atom. The summed E-state index contributed by atoms with van der Waals surface area (Å²) in [6.07, 6.45) is 28.8. The largest absolute Gasteiger partial charge is 0.324 e. The molecule has 0 radical (unpaired) electrons. The molecule has 0 aromatic heterocycles. The molecule has 176 valence electrons. The Morgan fingerprint density at radius 2 is 0.483 bits per heavy atom. The van der Waals surface area contributed by atoms with Crippen molar-refractivity contribution >= 4 is 0 Å². The fourth-order valence-corrected chi connectivity index (χ4v) is 4.87. The van der Waals surface area contributed by atoms with E-state index in [0.717, 1.165) is 0 Å². The highest BCUT2D eigenvalue weighted by molar-refractivity contribution is 4.54. The van der Waals surface area contributed by atoms with Gasteiger partial charge in [-0.05, 0) is 51.4 Å². The Labute approximate surface area is 187 Å². The van der Waals surface area contributed by atoms with Gasteiger partial charge in [0, 0.05) is 0 Å². The molecular weight excluding hydrogens is 350 g/mol. The van der Waals surface area contributed by atoms with Crippen LogP contribution in [0.1, 0.15) is 156 Å². The minimum absolute atomic E-state index is 1.37. The number of hydrogen-bond acceptors (Lipinski definition) is 0. The zero-order valence-electron chi connectivity index (χ0n) is 21.4. The Kier molecular flexibility index (Phi) is 22.6. The summed E-state index contributed by atoms with van der Waals surface area (Å²) in [6.45, 7) is 15.2. The van der Waals surface area contributed by atoms with Crippen molar-refractivity contribution in [2.75, 3.05) is 26.2 Å². The van der Waals surface area contributed by atoms with E-state index in [4.69, 9.17) is 0 Å². The number of rotatable bonds is 24. The minimum Gasteiger partial charge on any atom is -0.324 e. The Morgan fingerprint density at radius 1 is 0.276 bits per heavy atom. The second-order valence-electron chi connectivity index (χ2n) is 9.89. The predicted molar refractivity (Wildman–Crippen MR) is 135 cm³/mol. The summed E-state index contributed by atoms with van der Waals surface area (Å²) in [5.41, 5.74) is 0. The summed E-state index contributed by atoms with van der Waals surface area (Å²) in [6, 6.07) is 0. The average Bonchev–Trinajstić information content (AvgIpc) is 2.73. The molecule has 0 aliphatic carbocycles. The lowest BCUT2D eigenvalue weighted by atomic mass is 10.1. The van der Waals surface area contributed by atoms with Crippen LogP contribution in [0.15, 0.2) is 0 Å². The maximum Gasteiger partial charge on any atom is 0.0786 e. The van der Waals surface area contributed by atoms with Crippen LogP contribution >= 0.6 is 0 Å². The number of unbranched alkanes of at least 4 members (excludes halogenated alkanes) is 16. The van der Waals surface area contributed by atoms with E-state index < -0.39 is 0 Å². The van der Waals surface area contributed by atoms with E-state index in [0.29, 0.717) is 0 Å². The Balaban J connectivity index is 4.63. The summed E-state index contributed by atoms with van der Waals surface area (Å²) in [5, 5.41) is 0.